The van der Waals surface area contributed by atoms with Crippen LogP contribution in [0.3, 0.4) is 0 Å². The van der Waals surface area contributed by atoms with Crippen molar-refractivity contribution in [3.63, 3.8) is 0 Å². The lowest BCUT2D eigenvalue weighted by Crippen LogP contribution is -2.32. The number of amides is 1. The van der Waals surface area contributed by atoms with Gasteiger partial charge in [-0.05, 0) is 32.0 Å². The number of nitrogens with zero attached hydrogens (tertiary/aromatic N) is 1. The lowest BCUT2D eigenvalue weighted by atomic mass is 10.2. The van der Waals surface area contributed by atoms with Crippen molar-refractivity contribution >= 4 is 5.91 Å². The average molecular weight is 300 g/mol. The Hall–Kier alpha value is -2.56. The number of pyridine rings is 1. The maximum Gasteiger partial charge on any atom is 0.252 e. The van der Waals surface area contributed by atoms with Crippen molar-refractivity contribution in [2.45, 2.75) is 26.4 Å². The SMILES string of the molecule is CC(C)NC(=O)c1ccc(=O)n(CCOc2ccccc2)c1. The normalized spacial score (nSPS) is 10.5. The Morgan fingerprint density at radius 2 is 1.91 bits per heavy atom. The third kappa shape index (κ3) is 4.48. The number of carbonyl (C=O) groups excluding carboxylic acids is 1. The molecule has 0 fully saturated rings. The van der Waals surface area contributed by atoms with E-state index in [4.69, 9.17) is 4.74 Å². The van der Waals surface area contributed by atoms with Gasteiger partial charge in [0.05, 0.1) is 12.1 Å². The minimum atomic E-state index is -0.187. The van der Waals surface area contributed by atoms with Crippen LogP contribution in [0.25, 0.3) is 0 Å². The number of rotatable bonds is 6. The molecule has 1 heterocycles. The smallest absolute Gasteiger partial charge is 0.252 e. The van der Waals surface area contributed by atoms with Gasteiger partial charge < -0.3 is 14.6 Å². The van der Waals surface area contributed by atoms with Crippen LogP contribution in [0.5, 0.6) is 5.75 Å². The van der Waals surface area contributed by atoms with Crippen molar-refractivity contribution < 1.29 is 9.53 Å². The van der Waals surface area contributed by atoms with E-state index in [0.717, 1.165) is 5.75 Å². The summed E-state index contributed by atoms with van der Waals surface area (Å²) in [5.74, 6) is 0.567. The Bertz CT molecular complexity index is 678. The van der Waals surface area contributed by atoms with Crippen LogP contribution in [0.4, 0.5) is 0 Å². The van der Waals surface area contributed by atoms with E-state index in [2.05, 4.69) is 5.32 Å². The summed E-state index contributed by atoms with van der Waals surface area (Å²) in [6.45, 7) is 4.53. The highest BCUT2D eigenvalue weighted by atomic mass is 16.5. The average Bonchev–Trinajstić information content (AvgIpc) is 2.49. The molecule has 0 radical (unpaired) electrons. The van der Waals surface area contributed by atoms with Crippen molar-refractivity contribution in [2.24, 2.45) is 0 Å². The van der Waals surface area contributed by atoms with Gasteiger partial charge in [0.2, 0.25) is 0 Å². The molecule has 5 heteroatoms. The molecule has 0 saturated carbocycles. The van der Waals surface area contributed by atoms with Gasteiger partial charge in [0.1, 0.15) is 12.4 Å². The van der Waals surface area contributed by atoms with Crippen molar-refractivity contribution in [2.75, 3.05) is 6.61 Å². The topological polar surface area (TPSA) is 60.3 Å². The summed E-state index contributed by atoms with van der Waals surface area (Å²) in [5, 5.41) is 2.80. The van der Waals surface area contributed by atoms with Gasteiger partial charge in [-0.15, -0.1) is 0 Å². The van der Waals surface area contributed by atoms with Crippen LogP contribution in [0.2, 0.25) is 0 Å². The molecule has 116 valence electrons. The summed E-state index contributed by atoms with van der Waals surface area (Å²) >= 11 is 0. The summed E-state index contributed by atoms with van der Waals surface area (Å²) < 4.78 is 7.05. The lowest BCUT2D eigenvalue weighted by Gasteiger charge is -2.11. The molecule has 0 unspecified atom stereocenters. The first-order valence-electron chi connectivity index (χ1n) is 7.25. The van der Waals surface area contributed by atoms with Crippen molar-refractivity contribution in [1.29, 1.82) is 0 Å². The second-order valence-corrected chi connectivity index (χ2v) is 5.24. The molecule has 0 atom stereocenters. The summed E-state index contributed by atoms with van der Waals surface area (Å²) in [7, 11) is 0. The molecule has 0 bridgehead atoms. The van der Waals surface area contributed by atoms with Gasteiger partial charge in [-0.3, -0.25) is 9.59 Å². The molecule has 0 aliphatic carbocycles. The second-order valence-electron chi connectivity index (χ2n) is 5.24. The molecule has 5 nitrogen and oxygen atoms in total. The van der Waals surface area contributed by atoms with Crippen LogP contribution in [0.15, 0.2) is 53.5 Å². The largest absolute Gasteiger partial charge is 0.492 e. The predicted molar refractivity (Wildman–Crippen MR) is 85.2 cm³/mol. The van der Waals surface area contributed by atoms with Gasteiger partial charge in [-0.2, -0.15) is 0 Å². The summed E-state index contributed by atoms with van der Waals surface area (Å²) in [4.78, 5) is 23.8. The molecule has 0 spiro atoms. The number of nitrogens with one attached hydrogen (secondary N) is 1. The van der Waals surface area contributed by atoms with E-state index >= 15 is 0 Å². The van der Waals surface area contributed by atoms with Crippen molar-refractivity contribution in [3.8, 4) is 5.75 Å². The zero-order chi connectivity index (χ0) is 15.9. The van der Waals surface area contributed by atoms with Crippen LogP contribution < -0.4 is 15.6 Å². The standard InChI is InChI=1S/C17H20N2O3/c1-13(2)18-17(21)14-8-9-16(20)19(12-14)10-11-22-15-6-4-3-5-7-15/h3-9,12-13H,10-11H2,1-2H3,(H,18,21). The number of aromatic nitrogens is 1. The Balaban J connectivity index is 2.01. The fourth-order valence-corrected chi connectivity index (χ4v) is 1.96. The molecule has 1 aromatic heterocycles. The van der Waals surface area contributed by atoms with Crippen LogP contribution in [0, 0.1) is 0 Å². The van der Waals surface area contributed by atoms with E-state index in [-0.39, 0.29) is 17.5 Å². The van der Waals surface area contributed by atoms with Gasteiger partial charge in [0.25, 0.3) is 11.5 Å². The Labute approximate surface area is 129 Å². The number of hydrogen-bond acceptors (Lipinski definition) is 3. The summed E-state index contributed by atoms with van der Waals surface area (Å²) in [5.41, 5.74) is 0.311. The molecular weight excluding hydrogens is 280 g/mol. The number of para-hydroxylation sites is 1. The third-order valence-electron chi connectivity index (χ3n) is 3.01. The fourth-order valence-electron chi connectivity index (χ4n) is 1.96. The number of ether oxygens (including phenoxy) is 1. The Kier molecular flexibility index (Phi) is 5.36. The quantitative estimate of drug-likeness (QED) is 0.888. The molecule has 1 amide bonds. The van der Waals surface area contributed by atoms with Crippen LogP contribution in [-0.4, -0.2) is 23.1 Å². The van der Waals surface area contributed by atoms with E-state index in [9.17, 15) is 9.59 Å². The first-order valence-corrected chi connectivity index (χ1v) is 7.25. The molecule has 0 aliphatic rings. The van der Waals surface area contributed by atoms with Crippen molar-refractivity contribution in [1.82, 2.24) is 9.88 Å². The van der Waals surface area contributed by atoms with E-state index < -0.39 is 0 Å². The maximum absolute atomic E-state index is 12.0. The van der Waals surface area contributed by atoms with Crippen LogP contribution >= 0.6 is 0 Å². The molecule has 2 rings (SSSR count). The highest BCUT2D eigenvalue weighted by Crippen LogP contribution is 2.08. The molecule has 1 N–H and O–H groups in total. The Morgan fingerprint density at radius 3 is 2.59 bits per heavy atom. The maximum atomic E-state index is 12.0. The van der Waals surface area contributed by atoms with E-state index in [1.165, 1.54) is 16.7 Å². The highest BCUT2D eigenvalue weighted by Gasteiger charge is 2.08. The van der Waals surface area contributed by atoms with Gasteiger partial charge in [-0.25, -0.2) is 0 Å². The van der Waals surface area contributed by atoms with Gasteiger partial charge in [0.15, 0.2) is 0 Å². The molecular formula is C17H20N2O3. The van der Waals surface area contributed by atoms with E-state index in [0.29, 0.717) is 18.7 Å². The first kappa shape index (κ1) is 15.8. The number of hydrogen-bond donors (Lipinski definition) is 1. The zero-order valence-electron chi connectivity index (χ0n) is 12.8. The molecule has 0 aliphatic heterocycles. The van der Waals surface area contributed by atoms with E-state index in [1.807, 2.05) is 44.2 Å². The molecule has 0 saturated heterocycles. The summed E-state index contributed by atoms with van der Waals surface area (Å²) in [6.07, 6.45) is 1.56. The molecule has 1 aromatic carbocycles. The lowest BCUT2D eigenvalue weighted by molar-refractivity contribution is 0.0942. The second kappa shape index (κ2) is 7.45. The van der Waals surface area contributed by atoms with Crippen molar-refractivity contribution in [3.05, 3.63) is 64.6 Å². The monoisotopic (exact) mass is 300 g/mol. The number of carbonyl (C=O) groups is 1. The van der Waals surface area contributed by atoms with Crippen LogP contribution in [-0.2, 0) is 6.54 Å². The fraction of sp³-hybridized carbons (Fsp3) is 0.294. The van der Waals surface area contributed by atoms with Gasteiger partial charge in [-0.1, -0.05) is 18.2 Å². The van der Waals surface area contributed by atoms with E-state index in [1.54, 1.807) is 6.20 Å². The number of benzene rings is 1. The minimum absolute atomic E-state index is 0.0503. The highest BCUT2D eigenvalue weighted by molar-refractivity contribution is 5.93. The van der Waals surface area contributed by atoms with Crippen LogP contribution in [0.1, 0.15) is 24.2 Å². The Morgan fingerprint density at radius 1 is 1.18 bits per heavy atom. The third-order valence-corrected chi connectivity index (χ3v) is 3.01. The zero-order valence-corrected chi connectivity index (χ0v) is 12.8. The predicted octanol–water partition coefficient (Wildman–Crippen LogP) is 2.07. The minimum Gasteiger partial charge on any atom is -0.492 e. The molecule has 22 heavy (non-hydrogen) atoms. The first-order chi connectivity index (χ1) is 10.6. The van der Waals surface area contributed by atoms with Gasteiger partial charge in [0, 0.05) is 18.3 Å². The summed E-state index contributed by atoms with van der Waals surface area (Å²) in [6, 6.07) is 12.4. The van der Waals surface area contributed by atoms with Gasteiger partial charge >= 0.3 is 0 Å². The molecule has 2 aromatic rings.